The summed E-state index contributed by atoms with van der Waals surface area (Å²) in [5, 5.41) is 10.9. The average Bonchev–Trinajstić information content (AvgIpc) is 2.88. The zero-order valence-corrected chi connectivity index (χ0v) is 10.4. The Hall–Kier alpha value is -1.82. The van der Waals surface area contributed by atoms with Crippen LogP contribution in [0.15, 0.2) is 28.2 Å². The molecule has 18 heavy (non-hydrogen) atoms. The van der Waals surface area contributed by atoms with Gasteiger partial charge in [0.15, 0.2) is 5.69 Å². The highest BCUT2D eigenvalue weighted by atomic mass is 32.1. The van der Waals surface area contributed by atoms with Crippen LogP contribution in [0.3, 0.4) is 0 Å². The molecule has 1 saturated carbocycles. The highest BCUT2D eigenvalue weighted by Gasteiger charge is 2.32. The number of oxazole rings is 1. The summed E-state index contributed by atoms with van der Waals surface area (Å²) in [6, 6.07) is 4.89. The second-order valence-electron chi connectivity index (χ2n) is 4.26. The first-order valence-corrected chi connectivity index (χ1v) is 6.60. The zero-order chi connectivity index (χ0) is 12.5. The molecule has 0 saturated heterocycles. The Kier molecular flexibility index (Phi) is 2.79. The molecule has 3 rings (SSSR count). The number of thiophene rings is 1. The van der Waals surface area contributed by atoms with Gasteiger partial charge in [-0.05, 0) is 24.3 Å². The number of carbonyl (C=O) groups is 1. The standard InChI is InChI=1S/C12H12N2O3S/c15-11(16)10-7-17-12(13-10)14(8-3-4-8)6-9-2-1-5-18-9/h1-2,5,7-8H,3-4,6H2,(H,15,16). The minimum Gasteiger partial charge on any atom is -0.476 e. The van der Waals surface area contributed by atoms with Crippen LogP contribution in [0.25, 0.3) is 0 Å². The fraction of sp³-hybridized carbons (Fsp3) is 0.333. The molecule has 0 spiro atoms. The van der Waals surface area contributed by atoms with Crippen molar-refractivity contribution in [3.63, 3.8) is 0 Å². The van der Waals surface area contributed by atoms with E-state index in [9.17, 15) is 4.79 Å². The van der Waals surface area contributed by atoms with Crippen LogP contribution < -0.4 is 4.90 Å². The molecule has 0 radical (unpaired) electrons. The lowest BCUT2D eigenvalue weighted by atomic mass is 10.4. The zero-order valence-electron chi connectivity index (χ0n) is 9.57. The monoisotopic (exact) mass is 264 g/mol. The molecule has 1 fully saturated rings. The molecule has 1 aliphatic carbocycles. The first-order chi connectivity index (χ1) is 8.74. The molecule has 2 aromatic rings. The van der Waals surface area contributed by atoms with Crippen LogP contribution in [0.2, 0.25) is 0 Å². The van der Waals surface area contributed by atoms with Gasteiger partial charge >= 0.3 is 5.97 Å². The maximum atomic E-state index is 10.8. The summed E-state index contributed by atoms with van der Waals surface area (Å²) >= 11 is 1.68. The third-order valence-corrected chi connectivity index (χ3v) is 3.71. The Labute approximate surface area is 108 Å². The maximum absolute atomic E-state index is 10.8. The third-order valence-electron chi connectivity index (χ3n) is 2.85. The van der Waals surface area contributed by atoms with Crippen molar-refractivity contribution in [2.75, 3.05) is 4.90 Å². The van der Waals surface area contributed by atoms with Gasteiger partial charge in [0.2, 0.25) is 0 Å². The van der Waals surface area contributed by atoms with E-state index < -0.39 is 5.97 Å². The first kappa shape index (κ1) is 11.3. The predicted molar refractivity (Wildman–Crippen MR) is 67.0 cm³/mol. The summed E-state index contributed by atoms with van der Waals surface area (Å²) in [4.78, 5) is 18.1. The molecule has 0 aliphatic heterocycles. The highest BCUT2D eigenvalue weighted by Crippen LogP contribution is 2.33. The highest BCUT2D eigenvalue weighted by molar-refractivity contribution is 7.09. The molecular weight excluding hydrogens is 252 g/mol. The topological polar surface area (TPSA) is 66.6 Å². The lowest BCUT2D eigenvalue weighted by Crippen LogP contribution is -2.24. The van der Waals surface area contributed by atoms with E-state index in [-0.39, 0.29) is 5.69 Å². The second kappa shape index (κ2) is 4.45. The molecule has 0 bridgehead atoms. The molecule has 0 amide bonds. The Morgan fingerprint density at radius 2 is 2.44 bits per heavy atom. The van der Waals surface area contributed by atoms with Gasteiger partial charge in [-0.25, -0.2) is 4.79 Å². The summed E-state index contributed by atoms with van der Waals surface area (Å²) < 4.78 is 5.28. The summed E-state index contributed by atoms with van der Waals surface area (Å²) in [6.07, 6.45) is 3.41. The fourth-order valence-corrected chi connectivity index (χ4v) is 2.51. The number of carboxylic acid groups (broad SMARTS) is 1. The molecule has 0 atom stereocenters. The number of rotatable bonds is 5. The molecule has 1 N–H and O–H groups in total. The van der Waals surface area contributed by atoms with Gasteiger partial charge in [0.1, 0.15) is 6.26 Å². The number of carboxylic acids is 1. The molecule has 6 heteroatoms. The summed E-state index contributed by atoms with van der Waals surface area (Å²) in [5.74, 6) is -1.06. The summed E-state index contributed by atoms with van der Waals surface area (Å²) in [6.45, 7) is 0.724. The Bertz CT molecular complexity index is 545. The lowest BCUT2D eigenvalue weighted by molar-refractivity contribution is 0.0690. The lowest BCUT2D eigenvalue weighted by Gasteiger charge is -2.18. The molecule has 94 valence electrons. The number of aromatic carboxylic acids is 1. The minimum atomic E-state index is -1.06. The smallest absolute Gasteiger partial charge is 0.357 e. The molecule has 0 unspecified atom stereocenters. The van der Waals surface area contributed by atoms with Gasteiger partial charge in [0.05, 0.1) is 6.54 Å². The van der Waals surface area contributed by atoms with Gasteiger partial charge in [-0.2, -0.15) is 4.98 Å². The minimum absolute atomic E-state index is 0.0400. The SMILES string of the molecule is O=C(O)c1coc(N(Cc2cccs2)C2CC2)n1. The fourth-order valence-electron chi connectivity index (χ4n) is 1.80. The normalized spacial score (nSPS) is 14.7. The van der Waals surface area contributed by atoms with Crippen molar-refractivity contribution >= 4 is 23.3 Å². The first-order valence-electron chi connectivity index (χ1n) is 5.72. The van der Waals surface area contributed by atoms with E-state index in [4.69, 9.17) is 9.52 Å². The van der Waals surface area contributed by atoms with Crippen LogP contribution in [-0.4, -0.2) is 22.1 Å². The van der Waals surface area contributed by atoms with Crippen LogP contribution in [0, 0.1) is 0 Å². The molecule has 2 aromatic heterocycles. The molecule has 2 heterocycles. The van der Waals surface area contributed by atoms with E-state index in [0.717, 1.165) is 19.4 Å². The van der Waals surface area contributed by atoms with E-state index in [1.807, 2.05) is 16.3 Å². The van der Waals surface area contributed by atoms with Crippen molar-refractivity contribution in [1.82, 2.24) is 4.98 Å². The van der Waals surface area contributed by atoms with E-state index in [0.29, 0.717) is 12.1 Å². The van der Waals surface area contributed by atoms with E-state index in [2.05, 4.69) is 11.1 Å². The summed E-state index contributed by atoms with van der Waals surface area (Å²) in [5.41, 5.74) is -0.0400. The van der Waals surface area contributed by atoms with Crippen LogP contribution in [0.1, 0.15) is 28.2 Å². The average molecular weight is 264 g/mol. The van der Waals surface area contributed by atoms with Crippen molar-refractivity contribution in [2.45, 2.75) is 25.4 Å². The number of hydrogen-bond donors (Lipinski definition) is 1. The molecule has 5 nitrogen and oxygen atoms in total. The van der Waals surface area contributed by atoms with E-state index >= 15 is 0 Å². The molecule has 0 aromatic carbocycles. The van der Waals surface area contributed by atoms with E-state index in [1.54, 1.807) is 11.3 Å². The van der Waals surface area contributed by atoms with Crippen molar-refractivity contribution in [1.29, 1.82) is 0 Å². The van der Waals surface area contributed by atoms with Crippen molar-refractivity contribution in [2.24, 2.45) is 0 Å². The van der Waals surface area contributed by atoms with Crippen LogP contribution in [0.4, 0.5) is 6.01 Å². The quantitative estimate of drug-likeness (QED) is 0.899. The van der Waals surface area contributed by atoms with Gasteiger partial charge in [-0.15, -0.1) is 11.3 Å². The molecule has 1 aliphatic rings. The number of hydrogen-bond acceptors (Lipinski definition) is 5. The van der Waals surface area contributed by atoms with Crippen LogP contribution in [-0.2, 0) is 6.54 Å². The van der Waals surface area contributed by atoms with Gasteiger partial charge in [0.25, 0.3) is 6.01 Å². The van der Waals surface area contributed by atoms with Gasteiger partial charge < -0.3 is 14.4 Å². The Morgan fingerprint density at radius 1 is 1.61 bits per heavy atom. The largest absolute Gasteiger partial charge is 0.476 e. The second-order valence-corrected chi connectivity index (χ2v) is 5.29. The predicted octanol–water partition coefficient (Wildman–Crippen LogP) is 2.60. The third kappa shape index (κ3) is 2.24. The summed E-state index contributed by atoms with van der Waals surface area (Å²) in [7, 11) is 0. The maximum Gasteiger partial charge on any atom is 0.357 e. The van der Waals surface area contributed by atoms with Crippen LogP contribution in [0.5, 0.6) is 0 Å². The van der Waals surface area contributed by atoms with Gasteiger partial charge in [-0.3, -0.25) is 0 Å². The Morgan fingerprint density at radius 3 is 3.00 bits per heavy atom. The number of anilines is 1. The van der Waals surface area contributed by atoms with Crippen LogP contribution >= 0.6 is 11.3 Å². The van der Waals surface area contributed by atoms with E-state index in [1.165, 1.54) is 11.1 Å². The number of nitrogens with zero attached hydrogens (tertiary/aromatic N) is 2. The van der Waals surface area contributed by atoms with Gasteiger partial charge in [0, 0.05) is 10.9 Å². The number of aromatic nitrogens is 1. The van der Waals surface area contributed by atoms with Crippen molar-refractivity contribution < 1.29 is 14.3 Å². The van der Waals surface area contributed by atoms with Gasteiger partial charge in [-0.1, -0.05) is 6.07 Å². The van der Waals surface area contributed by atoms with Crippen molar-refractivity contribution in [3.8, 4) is 0 Å². The Balaban J connectivity index is 1.82. The van der Waals surface area contributed by atoms with Crippen molar-refractivity contribution in [3.05, 3.63) is 34.3 Å². The molecular formula is C12H12N2O3S.